The fraction of sp³-hybridized carbons (Fsp3) is 0.545. The highest BCUT2D eigenvalue weighted by Gasteiger charge is 2.26. The summed E-state index contributed by atoms with van der Waals surface area (Å²) < 4.78 is 5.97. The van der Waals surface area contributed by atoms with Crippen molar-refractivity contribution in [3.8, 4) is 5.75 Å². The quantitative estimate of drug-likeness (QED) is 0.0680. The number of likely N-dealkylation sites (N-methyl/N-ethyl adjacent to an activating group) is 1. The first-order chi connectivity index (χ1) is 24.2. The number of ether oxygens (including phenoxy) is 1. The Kier molecular flexibility index (Phi) is 25.9. The van der Waals surface area contributed by atoms with Crippen molar-refractivity contribution in [3.05, 3.63) is 102 Å². The summed E-state index contributed by atoms with van der Waals surface area (Å²) in [5.74, 6) is 1.10. The number of benzene rings is 1. The molecule has 0 atom stereocenters. The van der Waals surface area contributed by atoms with Crippen LogP contribution in [0.2, 0.25) is 0 Å². The molecule has 2 amide bonds. The number of hydrogen-bond donors (Lipinski definition) is 2. The van der Waals surface area contributed by atoms with E-state index in [-0.39, 0.29) is 11.8 Å². The predicted octanol–water partition coefficient (Wildman–Crippen LogP) is 9.91. The minimum atomic E-state index is -0.447. The topological polar surface area (TPSA) is 70.7 Å². The summed E-state index contributed by atoms with van der Waals surface area (Å²) >= 11 is 0. The Morgan fingerprint density at radius 1 is 0.740 bits per heavy atom. The predicted molar refractivity (Wildman–Crippen MR) is 215 cm³/mol. The van der Waals surface area contributed by atoms with Crippen molar-refractivity contribution in [2.45, 2.75) is 112 Å². The number of aryl methyl sites for hydroxylation is 2. The van der Waals surface area contributed by atoms with Gasteiger partial charge >= 0.3 is 0 Å². The molecule has 0 bridgehead atoms. The molecular formula is C44H69N3O3. The fourth-order valence-electron chi connectivity index (χ4n) is 5.14. The van der Waals surface area contributed by atoms with E-state index in [9.17, 15) is 9.59 Å². The van der Waals surface area contributed by atoms with Crippen LogP contribution in [0, 0.1) is 19.3 Å². The molecule has 1 rings (SSSR count). The van der Waals surface area contributed by atoms with Gasteiger partial charge in [-0.05, 0) is 108 Å². The zero-order valence-electron chi connectivity index (χ0n) is 32.4. The van der Waals surface area contributed by atoms with Crippen molar-refractivity contribution in [1.82, 2.24) is 15.5 Å². The van der Waals surface area contributed by atoms with Crippen LogP contribution in [0.15, 0.2) is 91.1 Å². The van der Waals surface area contributed by atoms with Gasteiger partial charge in [0.2, 0.25) is 11.8 Å². The average molecular weight is 688 g/mol. The molecule has 6 heteroatoms. The standard InChI is InChI=1S/C44H69N3O3/c1-7-9-10-11-12-13-14-15-16-17-18-19-20-21-22-23-24-25-26-29-42(48)45-33-28-35-47(8-2)36-34-46-43(49)44(5,6)32-27-37-50-41-38-39(3)30-31-40(41)4/h9-10,12-13,15-16,18-19,21-22,24-25,30-31,38H,7-8,11,14,17,20,23,26-29,32-37H2,1-6H3,(H,45,48)(H,46,49). The lowest BCUT2D eigenvalue weighted by atomic mass is 9.87. The number of nitrogens with one attached hydrogen (secondary N) is 2. The summed E-state index contributed by atoms with van der Waals surface area (Å²) in [6, 6.07) is 6.23. The Morgan fingerprint density at radius 2 is 1.32 bits per heavy atom. The Bertz CT molecular complexity index is 1240. The van der Waals surface area contributed by atoms with Gasteiger partial charge in [0.15, 0.2) is 0 Å². The minimum absolute atomic E-state index is 0.0828. The first-order valence-electron chi connectivity index (χ1n) is 19.1. The average Bonchev–Trinajstić information content (AvgIpc) is 3.10. The maximum Gasteiger partial charge on any atom is 0.225 e. The molecule has 0 spiro atoms. The smallest absolute Gasteiger partial charge is 0.225 e. The van der Waals surface area contributed by atoms with Gasteiger partial charge in [0.1, 0.15) is 5.75 Å². The first-order valence-corrected chi connectivity index (χ1v) is 19.1. The SMILES string of the molecule is CCC=CCC=CCC=CCC=CCC=CCC=CCCC(=O)NCCCN(CC)CCNC(=O)C(C)(C)CCCOc1cc(C)ccc1C. The third kappa shape index (κ3) is 23.7. The molecule has 0 aliphatic carbocycles. The molecule has 0 saturated heterocycles. The molecule has 0 aliphatic rings. The molecule has 0 aromatic heterocycles. The van der Waals surface area contributed by atoms with E-state index < -0.39 is 5.41 Å². The maximum absolute atomic E-state index is 12.9. The lowest BCUT2D eigenvalue weighted by Crippen LogP contribution is -2.41. The highest BCUT2D eigenvalue weighted by molar-refractivity contribution is 5.81. The van der Waals surface area contributed by atoms with Crippen molar-refractivity contribution in [2.24, 2.45) is 5.41 Å². The molecule has 6 nitrogen and oxygen atoms in total. The van der Waals surface area contributed by atoms with Crippen molar-refractivity contribution < 1.29 is 14.3 Å². The summed E-state index contributed by atoms with van der Waals surface area (Å²) in [6.07, 6.45) is 35.9. The number of amides is 2. The van der Waals surface area contributed by atoms with Crippen LogP contribution in [0.1, 0.15) is 109 Å². The molecule has 0 fully saturated rings. The maximum atomic E-state index is 12.9. The van der Waals surface area contributed by atoms with Gasteiger partial charge in [-0.25, -0.2) is 0 Å². The number of carbonyl (C=O) groups is 2. The number of allylic oxidation sites excluding steroid dienone is 12. The van der Waals surface area contributed by atoms with E-state index in [2.05, 4.69) is 134 Å². The third-order valence-corrected chi connectivity index (χ3v) is 8.43. The van der Waals surface area contributed by atoms with E-state index in [1.807, 2.05) is 13.8 Å². The number of hydrogen-bond acceptors (Lipinski definition) is 4. The van der Waals surface area contributed by atoms with Crippen LogP contribution in [0.4, 0.5) is 0 Å². The van der Waals surface area contributed by atoms with Crippen molar-refractivity contribution in [3.63, 3.8) is 0 Å². The molecule has 0 aliphatic heterocycles. The number of rotatable bonds is 28. The lowest BCUT2D eigenvalue weighted by Gasteiger charge is -2.25. The minimum Gasteiger partial charge on any atom is -0.493 e. The molecule has 0 radical (unpaired) electrons. The molecular weight excluding hydrogens is 619 g/mol. The third-order valence-electron chi connectivity index (χ3n) is 8.43. The molecule has 0 unspecified atom stereocenters. The molecule has 1 aromatic rings. The van der Waals surface area contributed by atoms with Crippen LogP contribution < -0.4 is 15.4 Å². The van der Waals surface area contributed by atoms with E-state index in [4.69, 9.17) is 4.74 Å². The van der Waals surface area contributed by atoms with Gasteiger partial charge in [0, 0.05) is 31.5 Å². The second kappa shape index (κ2) is 29.1. The van der Waals surface area contributed by atoms with Crippen LogP contribution in [-0.4, -0.2) is 56.0 Å². The Labute approximate surface area is 305 Å². The van der Waals surface area contributed by atoms with Crippen LogP contribution in [0.3, 0.4) is 0 Å². The molecule has 2 N–H and O–H groups in total. The lowest BCUT2D eigenvalue weighted by molar-refractivity contribution is -0.129. The zero-order valence-corrected chi connectivity index (χ0v) is 32.4. The molecule has 50 heavy (non-hydrogen) atoms. The molecule has 0 saturated carbocycles. The number of nitrogens with zero attached hydrogens (tertiary/aromatic N) is 1. The molecule has 278 valence electrons. The van der Waals surface area contributed by atoms with Crippen molar-refractivity contribution in [1.29, 1.82) is 0 Å². The van der Waals surface area contributed by atoms with E-state index in [1.165, 1.54) is 5.56 Å². The van der Waals surface area contributed by atoms with E-state index in [1.54, 1.807) is 0 Å². The van der Waals surface area contributed by atoms with Crippen molar-refractivity contribution in [2.75, 3.05) is 39.3 Å². The summed E-state index contributed by atoms with van der Waals surface area (Å²) in [5, 5.41) is 6.17. The van der Waals surface area contributed by atoms with Gasteiger partial charge in [0.05, 0.1) is 6.61 Å². The molecule has 0 heterocycles. The van der Waals surface area contributed by atoms with Gasteiger partial charge in [-0.1, -0.05) is 113 Å². The Balaban J connectivity index is 2.08. The Morgan fingerprint density at radius 3 is 1.90 bits per heavy atom. The van der Waals surface area contributed by atoms with Crippen LogP contribution in [-0.2, 0) is 9.59 Å². The largest absolute Gasteiger partial charge is 0.493 e. The normalized spacial score (nSPS) is 12.6. The van der Waals surface area contributed by atoms with E-state index >= 15 is 0 Å². The first kappa shape index (κ1) is 44.4. The van der Waals surface area contributed by atoms with E-state index in [0.29, 0.717) is 26.1 Å². The highest BCUT2D eigenvalue weighted by Crippen LogP contribution is 2.24. The van der Waals surface area contributed by atoms with Crippen LogP contribution in [0.25, 0.3) is 0 Å². The summed E-state index contributed by atoms with van der Waals surface area (Å²) in [5.41, 5.74) is 1.87. The number of carbonyl (C=O) groups excluding carboxylic acids is 2. The summed E-state index contributed by atoms with van der Waals surface area (Å²) in [7, 11) is 0. The summed E-state index contributed by atoms with van der Waals surface area (Å²) in [4.78, 5) is 27.4. The second-order valence-electron chi connectivity index (χ2n) is 13.5. The Hall–Kier alpha value is -3.64. The van der Waals surface area contributed by atoms with E-state index in [0.717, 1.165) is 95.2 Å². The van der Waals surface area contributed by atoms with Gasteiger partial charge in [-0.3, -0.25) is 9.59 Å². The second-order valence-corrected chi connectivity index (χ2v) is 13.5. The molecule has 1 aromatic carbocycles. The van der Waals surface area contributed by atoms with Gasteiger partial charge in [0.25, 0.3) is 0 Å². The zero-order chi connectivity index (χ0) is 36.7. The summed E-state index contributed by atoms with van der Waals surface area (Å²) in [6.45, 7) is 16.9. The van der Waals surface area contributed by atoms with Crippen molar-refractivity contribution >= 4 is 11.8 Å². The van der Waals surface area contributed by atoms with Crippen LogP contribution in [0.5, 0.6) is 5.75 Å². The monoisotopic (exact) mass is 688 g/mol. The highest BCUT2D eigenvalue weighted by atomic mass is 16.5. The van der Waals surface area contributed by atoms with Gasteiger partial charge in [-0.2, -0.15) is 0 Å². The van der Waals surface area contributed by atoms with Gasteiger partial charge in [-0.15, -0.1) is 0 Å². The van der Waals surface area contributed by atoms with Crippen LogP contribution >= 0.6 is 0 Å². The fourth-order valence-corrected chi connectivity index (χ4v) is 5.14. The van der Waals surface area contributed by atoms with Gasteiger partial charge < -0.3 is 20.3 Å².